The van der Waals surface area contributed by atoms with E-state index in [1.54, 1.807) is 0 Å². The highest BCUT2D eigenvalue weighted by molar-refractivity contribution is 5.86. The van der Waals surface area contributed by atoms with Crippen LogP contribution < -0.4 is 10.6 Å². The van der Waals surface area contributed by atoms with Crippen LogP contribution in [0.15, 0.2) is 0 Å². The highest BCUT2D eigenvalue weighted by atomic mass is 16.4. The van der Waals surface area contributed by atoms with Crippen molar-refractivity contribution in [2.75, 3.05) is 6.54 Å². The van der Waals surface area contributed by atoms with Gasteiger partial charge in [0.2, 0.25) is 0 Å². The lowest BCUT2D eigenvalue weighted by Gasteiger charge is -2.34. The van der Waals surface area contributed by atoms with E-state index < -0.39 is 11.5 Å². The Morgan fingerprint density at radius 2 is 1.74 bits per heavy atom. The first-order chi connectivity index (χ1) is 9.04. The monoisotopic (exact) mass is 270 g/mol. The minimum absolute atomic E-state index is 0.351. The minimum atomic E-state index is -1.06. The van der Waals surface area contributed by atoms with Crippen LogP contribution in [0.25, 0.3) is 0 Å². The quantitative estimate of drug-likeness (QED) is 0.694. The predicted octanol–water partition coefficient (Wildman–Crippen LogP) is 2.51. The summed E-state index contributed by atoms with van der Waals surface area (Å²) in [4.78, 5) is 23.3. The summed E-state index contributed by atoms with van der Waals surface area (Å²) in [7, 11) is 0. The fourth-order valence-electron chi connectivity index (χ4n) is 2.62. The van der Waals surface area contributed by atoms with Gasteiger partial charge in [-0.1, -0.05) is 46.0 Å². The molecular formula is C14H26N2O3. The average Bonchev–Trinajstić information content (AvgIpc) is 2.40. The van der Waals surface area contributed by atoms with Crippen molar-refractivity contribution in [1.29, 1.82) is 0 Å². The van der Waals surface area contributed by atoms with Crippen molar-refractivity contribution >= 4 is 12.0 Å². The molecule has 0 aliphatic heterocycles. The number of carbonyl (C=O) groups excluding carboxylic acids is 1. The Morgan fingerprint density at radius 1 is 1.16 bits per heavy atom. The third kappa shape index (κ3) is 4.40. The highest BCUT2D eigenvalue weighted by Gasteiger charge is 2.40. The van der Waals surface area contributed by atoms with Gasteiger partial charge in [-0.2, -0.15) is 0 Å². The van der Waals surface area contributed by atoms with Crippen molar-refractivity contribution in [2.45, 2.75) is 64.3 Å². The number of amides is 2. The second kappa shape index (κ2) is 7.36. The third-order valence-corrected chi connectivity index (χ3v) is 4.18. The van der Waals surface area contributed by atoms with Crippen LogP contribution in [0, 0.1) is 5.92 Å². The molecule has 1 aliphatic carbocycles. The Balaban J connectivity index is 2.50. The molecule has 1 fully saturated rings. The maximum atomic E-state index is 11.9. The molecule has 2 amide bonds. The molecule has 0 atom stereocenters. The fraction of sp³-hybridized carbons (Fsp3) is 0.857. The van der Waals surface area contributed by atoms with Gasteiger partial charge in [0.05, 0.1) is 0 Å². The van der Waals surface area contributed by atoms with Gasteiger partial charge in [-0.25, -0.2) is 9.59 Å². The number of hydrogen-bond donors (Lipinski definition) is 3. The predicted molar refractivity (Wildman–Crippen MR) is 74.1 cm³/mol. The van der Waals surface area contributed by atoms with Gasteiger partial charge < -0.3 is 15.7 Å². The van der Waals surface area contributed by atoms with E-state index in [9.17, 15) is 14.7 Å². The molecule has 1 rings (SSSR count). The van der Waals surface area contributed by atoms with E-state index in [2.05, 4.69) is 24.5 Å². The number of aliphatic carboxylic acids is 1. The van der Waals surface area contributed by atoms with Crippen LogP contribution in [0.3, 0.4) is 0 Å². The Labute approximate surface area is 115 Å². The van der Waals surface area contributed by atoms with E-state index in [0.717, 1.165) is 32.1 Å². The Hall–Kier alpha value is -1.26. The van der Waals surface area contributed by atoms with Gasteiger partial charge in [-0.15, -0.1) is 0 Å². The summed E-state index contributed by atoms with van der Waals surface area (Å²) < 4.78 is 0. The normalized spacial score (nSPS) is 18.1. The summed E-state index contributed by atoms with van der Waals surface area (Å²) >= 11 is 0. The molecule has 1 saturated carbocycles. The molecule has 0 aromatic rings. The Morgan fingerprint density at radius 3 is 2.21 bits per heavy atom. The number of carbonyl (C=O) groups is 2. The first-order valence-corrected chi connectivity index (χ1v) is 7.33. The standard InChI is InChI=1S/C14H26N2O3/c1-3-11(4-2)10-15-13(19)16-14(12(17)18)8-6-5-7-9-14/h11H,3-10H2,1-2H3,(H,17,18)(H2,15,16,19). The van der Waals surface area contributed by atoms with E-state index in [0.29, 0.717) is 25.3 Å². The van der Waals surface area contributed by atoms with Crippen LogP contribution >= 0.6 is 0 Å². The summed E-state index contributed by atoms with van der Waals surface area (Å²) in [6.45, 7) is 4.79. The summed E-state index contributed by atoms with van der Waals surface area (Å²) in [5.41, 5.74) is -1.06. The zero-order chi connectivity index (χ0) is 14.3. The van der Waals surface area contributed by atoms with E-state index in [4.69, 9.17) is 0 Å². The van der Waals surface area contributed by atoms with E-state index in [-0.39, 0.29) is 6.03 Å². The van der Waals surface area contributed by atoms with Crippen LogP contribution in [0.1, 0.15) is 58.8 Å². The molecule has 5 nitrogen and oxygen atoms in total. The van der Waals surface area contributed by atoms with Gasteiger partial charge in [0.15, 0.2) is 0 Å². The van der Waals surface area contributed by atoms with Crippen molar-refractivity contribution in [1.82, 2.24) is 10.6 Å². The lowest BCUT2D eigenvalue weighted by molar-refractivity contribution is -0.145. The Kier molecular flexibility index (Phi) is 6.12. The van der Waals surface area contributed by atoms with Crippen molar-refractivity contribution in [3.63, 3.8) is 0 Å². The van der Waals surface area contributed by atoms with Gasteiger partial charge in [-0.3, -0.25) is 0 Å². The summed E-state index contributed by atoms with van der Waals surface area (Å²) in [6, 6.07) is -0.351. The van der Waals surface area contributed by atoms with Gasteiger partial charge in [-0.05, 0) is 18.8 Å². The topological polar surface area (TPSA) is 78.4 Å². The molecule has 0 saturated heterocycles. The average molecular weight is 270 g/mol. The largest absolute Gasteiger partial charge is 0.480 e. The molecule has 0 aromatic carbocycles. The molecule has 0 spiro atoms. The molecule has 0 unspecified atom stereocenters. The summed E-state index contributed by atoms with van der Waals surface area (Å²) in [6.07, 6.45) is 5.85. The number of carboxylic acid groups (broad SMARTS) is 1. The fourth-order valence-corrected chi connectivity index (χ4v) is 2.62. The summed E-state index contributed by atoms with van der Waals surface area (Å²) in [5, 5.41) is 14.8. The van der Waals surface area contributed by atoms with Gasteiger partial charge in [0.25, 0.3) is 0 Å². The highest BCUT2D eigenvalue weighted by Crippen LogP contribution is 2.28. The second-order valence-corrected chi connectivity index (χ2v) is 5.47. The van der Waals surface area contributed by atoms with Crippen molar-refractivity contribution in [3.8, 4) is 0 Å². The van der Waals surface area contributed by atoms with Gasteiger partial charge in [0.1, 0.15) is 5.54 Å². The molecule has 0 heterocycles. The minimum Gasteiger partial charge on any atom is -0.480 e. The SMILES string of the molecule is CCC(CC)CNC(=O)NC1(C(=O)O)CCCCC1. The van der Waals surface area contributed by atoms with Crippen molar-refractivity contribution in [3.05, 3.63) is 0 Å². The van der Waals surface area contributed by atoms with E-state index in [1.165, 1.54) is 0 Å². The van der Waals surface area contributed by atoms with Crippen LogP contribution in [0.2, 0.25) is 0 Å². The van der Waals surface area contributed by atoms with Crippen LogP contribution in [0.5, 0.6) is 0 Å². The van der Waals surface area contributed by atoms with Crippen LogP contribution in [-0.4, -0.2) is 29.2 Å². The van der Waals surface area contributed by atoms with E-state index >= 15 is 0 Å². The van der Waals surface area contributed by atoms with E-state index in [1.807, 2.05) is 0 Å². The smallest absolute Gasteiger partial charge is 0.329 e. The van der Waals surface area contributed by atoms with Gasteiger partial charge >= 0.3 is 12.0 Å². The first-order valence-electron chi connectivity index (χ1n) is 7.33. The van der Waals surface area contributed by atoms with Crippen LogP contribution in [0.4, 0.5) is 4.79 Å². The third-order valence-electron chi connectivity index (χ3n) is 4.18. The Bertz CT molecular complexity index is 308. The molecule has 19 heavy (non-hydrogen) atoms. The zero-order valence-corrected chi connectivity index (χ0v) is 12.0. The molecule has 0 aromatic heterocycles. The van der Waals surface area contributed by atoms with Crippen molar-refractivity contribution in [2.24, 2.45) is 5.92 Å². The zero-order valence-electron chi connectivity index (χ0n) is 12.0. The molecule has 1 aliphatic rings. The van der Waals surface area contributed by atoms with Gasteiger partial charge in [0, 0.05) is 6.54 Å². The lowest BCUT2D eigenvalue weighted by Crippen LogP contribution is -2.58. The van der Waals surface area contributed by atoms with Crippen LogP contribution in [-0.2, 0) is 4.79 Å². The number of carboxylic acids is 1. The number of urea groups is 1. The molecule has 0 bridgehead atoms. The number of rotatable bonds is 6. The van der Waals surface area contributed by atoms with Crippen molar-refractivity contribution < 1.29 is 14.7 Å². The maximum Gasteiger partial charge on any atom is 0.329 e. The second-order valence-electron chi connectivity index (χ2n) is 5.47. The maximum absolute atomic E-state index is 11.9. The molecular weight excluding hydrogens is 244 g/mol. The number of nitrogens with one attached hydrogen (secondary N) is 2. The molecule has 110 valence electrons. The lowest BCUT2D eigenvalue weighted by atomic mass is 9.82. The number of hydrogen-bond acceptors (Lipinski definition) is 2. The summed E-state index contributed by atoms with van der Waals surface area (Å²) in [5.74, 6) is -0.456. The molecule has 3 N–H and O–H groups in total. The molecule has 0 radical (unpaired) electrons. The molecule has 5 heteroatoms. The first kappa shape index (κ1) is 15.8.